The van der Waals surface area contributed by atoms with Crippen LogP contribution in [0.25, 0.3) is 0 Å². The largest absolute Gasteiger partial charge is 0.493 e. The number of nitrogens with two attached hydrogens (primary N) is 1. The van der Waals surface area contributed by atoms with Crippen LogP contribution in [0.2, 0.25) is 0 Å². The van der Waals surface area contributed by atoms with Crippen molar-refractivity contribution in [1.82, 2.24) is 0 Å². The van der Waals surface area contributed by atoms with E-state index in [4.69, 9.17) is 10.5 Å². The zero-order valence-electron chi connectivity index (χ0n) is 9.63. The highest BCUT2D eigenvalue weighted by atomic mass is 19.1. The highest BCUT2D eigenvalue weighted by Crippen LogP contribution is 2.44. The Kier molecular flexibility index (Phi) is 3.15. The first kappa shape index (κ1) is 11.4. The number of benzene rings is 1. The van der Waals surface area contributed by atoms with Gasteiger partial charge in [0.25, 0.3) is 0 Å². The summed E-state index contributed by atoms with van der Waals surface area (Å²) in [5.41, 5.74) is 6.76. The van der Waals surface area contributed by atoms with E-state index in [-0.39, 0.29) is 11.2 Å². The molecule has 0 heterocycles. The Bertz CT molecular complexity index is 372. The summed E-state index contributed by atoms with van der Waals surface area (Å²) in [6.45, 7) is 0.562. The van der Waals surface area contributed by atoms with Crippen LogP contribution in [0.4, 0.5) is 4.39 Å². The summed E-state index contributed by atoms with van der Waals surface area (Å²) in [5.74, 6) is 0.0783. The number of ether oxygens (including phenoxy) is 1. The van der Waals surface area contributed by atoms with Gasteiger partial charge in [-0.3, -0.25) is 0 Å². The highest BCUT2D eigenvalue weighted by molar-refractivity contribution is 5.41. The first-order chi connectivity index (χ1) is 7.73. The Balaban J connectivity index is 2.49. The highest BCUT2D eigenvalue weighted by Gasteiger charge is 2.37. The lowest BCUT2D eigenvalue weighted by atomic mass is 9.78. The van der Waals surface area contributed by atoms with Gasteiger partial charge in [-0.1, -0.05) is 25.0 Å². The minimum atomic E-state index is -0.292. The number of halogens is 1. The van der Waals surface area contributed by atoms with E-state index >= 15 is 0 Å². The van der Waals surface area contributed by atoms with Crippen LogP contribution in [0.3, 0.4) is 0 Å². The van der Waals surface area contributed by atoms with E-state index in [9.17, 15) is 4.39 Å². The van der Waals surface area contributed by atoms with Crippen molar-refractivity contribution in [2.75, 3.05) is 13.7 Å². The minimum absolute atomic E-state index is 0.0759. The van der Waals surface area contributed by atoms with Crippen LogP contribution in [0.15, 0.2) is 18.2 Å². The van der Waals surface area contributed by atoms with Crippen LogP contribution in [0.1, 0.15) is 31.2 Å². The summed E-state index contributed by atoms with van der Waals surface area (Å²) in [5, 5.41) is 0. The second-order valence-corrected chi connectivity index (χ2v) is 4.51. The Morgan fingerprint density at radius 3 is 2.62 bits per heavy atom. The SMILES string of the molecule is COc1c(F)cccc1C1(CN)CCCC1. The standard InChI is InChI=1S/C13H18FNO/c1-16-12-10(5-4-6-11(12)14)13(9-15)7-2-3-8-13/h4-6H,2-3,7-9,15H2,1H3. The lowest BCUT2D eigenvalue weighted by Crippen LogP contribution is -2.32. The molecule has 1 aromatic carbocycles. The van der Waals surface area contributed by atoms with Crippen molar-refractivity contribution < 1.29 is 9.13 Å². The molecule has 0 amide bonds. The molecule has 0 aliphatic heterocycles. The Labute approximate surface area is 95.6 Å². The molecule has 2 N–H and O–H groups in total. The van der Waals surface area contributed by atoms with Crippen molar-refractivity contribution in [2.45, 2.75) is 31.1 Å². The van der Waals surface area contributed by atoms with Crippen LogP contribution in [0.5, 0.6) is 5.75 Å². The quantitative estimate of drug-likeness (QED) is 0.854. The lowest BCUT2D eigenvalue weighted by Gasteiger charge is -2.29. The number of para-hydroxylation sites is 1. The van der Waals surface area contributed by atoms with E-state index in [0.29, 0.717) is 12.3 Å². The minimum Gasteiger partial charge on any atom is -0.493 e. The van der Waals surface area contributed by atoms with Gasteiger partial charge in [0.1, 0.15) is 0 Å². The average Bonchev–Trinajstić information content (AvgIpc) is 2.78. The van der Waals surface area contributed by atoms with Crippen LogP contribution in [-0.2, 0) is 5.41 Å². The normalized spacial score (nSPS) is 18.7. The van der Waals surface area contributed by atoms with Crippen molar-refractivity contribution in [2.24, 2.45) is 5.73 Å². The molecule has 0 spiro atoms. The fourth-order valence-electron chi connectivity index (χ4n) is 2.77. The van der Waals surface area contributed by atoms with E-state index < -0.39 is 0 Å². The molecule has 2 rings (SSSR count). The first-order valence-electron chi connectivity index (χ1n) is 5.76. The average molecular weight is 223 g/mol. The van der Waals surface area contributed by atoms with Gasteiger partial charge in [0.15, 0.2) is 11.6 Å². The van der Waals surface area contributed by atoms with Crippen molar-refractivity contribution in [3.05, 3.63) is 29.6 Å². The van der Waals surface area contributed by atoms with Crippen molar-refractivity contribution in [3.8, 4) is 5.75 Å². The van der Waals surface area contributed by atoms with E-state index in [0.717, 1.165) is 31.2 Å². The third kappa shape index (κ3) is 1.69. The number of hydrogen-bond donors (Lipinski definition) is 1. The summed E-state index contributed by atoms with van der Waals surface area (Å²) in [6.07, 6.45) is 4.39. The van der Waals surface area contributed by atoms with E-state index in [1.165, 1.54) is 13.2 Å². The molecule has 1 saturated carbocycles. The summed E-state index contributed by atoms with van der Waals surface area (Å²) in [4.78, 5) is 0. The maximum absolute atomic E-state index is 13.6. The smallest absolute Gasteiger partial charge is 0.165 e. The molecule has 0 radical (unpaired) electrons. The summed E-state index contributed by atoms with van der Waals surface area (Å²) in [7, 11) is 1.51. The van der Waals surface area contributed by atoms with Gasteiger partial charge in [-0.15, -0.1) is 0 Å². The second kappa shape index (κ2) is 4.42. The predicted molar refractivity (Wildman–Crippen MR) is 62.2 cm³/mol. The zero-order valence-corrected chi connectivity index (χ0v) is 9.63. The molecule has 1 fully saturated rings. The van der Waals surface area contributed by atoms with Crippen LogP contribution < -0.4 is 10.5 Å². The number of hydrogen-bond acceptors (Lipinski definition) is 2. The van der Waals surface area contributed by atoms with Crippen molar-refractivity contribution in [3.63, 3.8) is 0 Å². The molecule has 0 bridgehead atoms. The molecule has 1 aromatic rings. The molecule has 1 aliphatic carbocycles. The van der Waals surface area contributed by atoms with Gasteiger partial charge in [0, 0.05) is 17.5 Å². The molecule has 0 unspecified atom stereocenters. The zero-order chi connectivity index (χ0) is 11.6. The van der Waals surface area contributed by atoms with Gasteiger partial charge in [-0.25, -0.2) is 4.39 Å². The third-order valence-electron chi connectivity index (χ3n) is 3.69. The van der Waals surface area contributed by atoms with E-state index in [1.807, 2.05) is 6.07 Å². The van der Waals surface area contributed by atoms with Gasteiger partial charge >= 0.3 is 0 Å². The summed E-state index contributed by atoms with van der Waals surface area (Å²) in [6, 6.07) is 5.12. The van der Waals surface area contributed by atoms with Crippen LogP contribution in [0, 0.1) is 5.82 Å². The maximum Gasteiger partial charge on any atom is 0.165 e. The van der Waals surface area contributed by atoms with Crippen molar-refractivity contribution in [1.29, 1.82) is 0 Å². The van der Waals surface area contributed by atoms with Gasteiger partial charge < -0.3 is 10.5 Å². The monoisotopic (exact) mass is 223 g/mol. The van der Waals surface area contributed by atoms with Crippen LogP contribution >= 0.6 is 0 Å². The number of rotatable bonds is 3. The molecule has 2 nitrogen and oxygen atoms in total. The second-order valence-electron chi connectivity index (χ2n) is 4.51. The Hall–Kier alpha value is -1.09. The maximum atomic E-state index is 13.6. The fraction of sp³-hybridized carbons (Fsp3) is 0.538. The van der Waals surface area contributed by atoms with Crippen LogP contribution in [-0.4, -0.2) is 13.7 Å². The molecule has 0 atom stereocenters. The molecule has 0 saturated heterocycles. The Morgan fingerprint density at radius 1 is 1.38 bits per heavy atom. The lowest BCUT2D eigenvalue weighted by molar-refractivity contribution is 0.356. The van der Waals surface area contributed by atoms with Gasteiger partial charge in [-0.2, -0.15) is 0 Å². The molecule has 3 heteroatoms. The Morgan fingerprint density at radius 2 is 2.06 bits per heavy atom. The third-order valence-corrected chi connectivity index (χ3v) is 3.69. The number of methoxy groups -OCH3 is 1. The van der Waals surface area contributed by atoms with Gasteiger partial charge in [-0.05, 0) is 18.9 Å². The van der Waals surface area contributed by atoms with Gasteiger partial charge in [0.05, 0.1) is 7.11 Å². The molecule has 0 aromatic heterocycles. The molecular formula is C13H18FNO. The molecule has 1 aliphatic rings. The first-order valence-corrected chi connectivity index (χ1v) is 5.76. The summed E-state index contributed by atoms with van der Waals surface area (Å²) >= 11 is 0. The molecule has 16 heavy (non-hydrogen) atoms. The summed E-state index contributed by atoms with van der Waals surface area (Å²) < 4.78 is 18.8. The van der Waals surface area contributed by atoms with Gasteiger partial charge in [0.2, 0.25) is 0 Å². The molecule has 88 valence electrons. The topological polar surface area (TPSA) is 35.2 Å². The molecular weight excluding hydrogens is 205 g/mol. The van der Waals surface area contributed by atoms with E-state index in [1.54, 1.807) is 6.07 Å². The fourth-order valence-corrected chi connectivity index (χ4v) is 2.77. The van der Waals surface area contributed by atoms with Crippen molar-refractivity contribution >= 4 is 0 Å². The predicted octanol–water partition coefficient (Wildman–Crippen LogP) is 2.60. The van der Waals surface area contributed by atoms with E-state index in [2.05, 4.69) is 0 Å².